The summed E-state index contributed by atoms with van der Waals surface area (Å²) in [6, 6.07) is 21.7. The molecule has 0 bridgehead atoms. The summed E-state index contributed by atoms with van der Waals surface area (Å²) >= 11 is 0. The zero-order chi connectivity index (χ0) is 19.3. The second kappa shape index (κ2) is 7.88. The first-order valence-corrected chi connectivity index (χ1v) is 9.12. The maximum absolute atomic E-state index is 12.8. The summed E-state index contributed by atoms with van der Waals surface area (Å²) in [4.78, 5) is 30.0. The molecule has 0 aliphatic heterocycles. The predicted octanol–water partition coefficient (Wildman–Crippen LogP) is 3.54. The number of carbonyl (C=O) groups is 2. The smallest absolute Gasteiger partial charge is 0.252 e. The number of ketones is 1. The van der Waals surface area contributed by atoms with Crippen LogP contribution >= 0.6 is 0 Å². The van der Waals surface area contributed by atoms with Crippen molar-refractivity contribution in [3.05, 3.63) is 108 Å². The molecule has 0 unspecified atom stereocenters. The largest absolute Gasteiger partial charge is 0.352 e. The van der Waals surface area contributed by atoms with Crippen LogP contribution in [0.1, 0.15) is 32.0 Å². The van der Waals surface area contributed by atoms with E-state index >= 15 is 0 Å². The molecule has 0 radical (unpaired) electrons. The van der Waals surface area contributed by atoms with Crippen LogP contribution in [0.15, 0.2) is 85.2 Å². The van der Waals surface area contributed by atoms with Gasteiger partial charge < -0.3 is 9.72 Å². The number of pyridine rings is 1. The minimum absolute atomic E-state index is 0.160. The van der Waals surface area contributed by atoms with Crippen LogP contribution in [0.5, 0.6) is 0 Å². The van der Waals surface area contributed by atoms with Crippen LogP contribution < -0.4 is 5.32 Å². The second-order valence-electron chi connectivity index (χ2n) is 6.44. The summed E-state index contributed by atoms with van der Waals surface area (Å²) in [7, 11) is 0. The third kappa shape index (κ3) is 3.69. The molecular weight excluding hydrogens is 350 g/mol. The van der Waals surface area contributed by atoms with Crippen LogP contribution in [0.4, 0.5) is 0 Å². The Morgan fingerprint density at radius 3 is 2.36 bits per heavy atom. The normalized spacial score (nSPS) is 10.7. The van der Waals surface area contributed by atoms with E-state index in [1.807, 2.05) is 53.2 Å². The fraction of sp³-hybridized carbons (Fsp3) is 0.0870. The molecule has 0 saturated heterocycles. The summed E-state index contributed by atoms with van der Waals surface area (Å²) in [5.41, 5.74) is 3.13. The maximum atomic E-state index is 12.8. The van der Waals surface area contributed by atoms with E-state index in [0.717, 1.165) is 11.3 Å². The quantitative estimate of drug-likeness (QED) is 0.529. The van der Waals surface area contributed by atoms with E-state index in [1.165, 1.54) is 0 Å². The third-order valence-corrected chi connectivity index (χ3v) is 4.53. The molecule has 28 heavy (non-hydrogen) atoms. The van der Waals surface area contributed by atoms with Crippen molar-refractivity contribution in [1.82, 2.24) is 14.7 Å². The Kier molecular flexibility index (Phi) is 4.97. The van der Waals surface area contributed by atoms with Crippen molar-refractivity contribution >= 4 is 17.3 Å². The molecule has 2 aromatic heterocycles. The minimum atomic E-state index is -0.261. The van der Waals surface area contributed by atoms with Gasteiger partial charge >= 0.3 is 0 Å². The van der Waals surface area contributed by atoms with Gasteiger partial charge in [0.05, 0.1) is 11.3 Å². The summed E-state index contributed by atoms with van der Waals surface area (Å²) in [5, 5.41) is 2.90. The lowest BCUT2D eigenvalue weighted by Crippen LogP contribution is -2.27. The van der Waals surface area contributed by atoms with Gasteiger partial charge in [-0.05, 0) is 18.2 Å². The SMILES string of the molecule is O=C(NCCc1cn2ccccc2n1)c1ccccc1C(=O)c1ccccc1. The number of nitrogens with one attached hydrogen (secondary N) is 1. The van der Waals surface area contributed by atoms with E-state index in [9.17, 15) is 9.59 Å². The molecule has 4 rings (SSSR count). The summed E-state index contributed by atoms with van der Waals surface area (Å²) in [6.45, 7) is 0.441. The Morgan fingerprint density at radius 1 is 0.857 bits per heavy atom. The monoisotopic (exact) mass is 369 g/mol. The number of carbonyl (C=O) groups excluding carboxylic acids is 2. The van der Waals surface area contributed by atoms with Gasteiger partial charge in [0.2, 0.25) is 0 Å². The van der Waals surface area contributed by atoms with E-state index in [-0.39, 0.29) is 11.7 Å². The molecular formula is C23H19N3O2. The molecule has 1 N–H and O–H groups in total. The first kappa shape index (κ1) is 17.7. The summed E-state index contributed by atoms with van der Waals surface area (Å²) in [6.07, 6.45) is 4.51. The van der Waals surface area contributed by atoms with Crippen molar-refractivity contribution in [3.63, 3.8) is 0 Å². The van der Waals surface area contributed by atoms with Crippen LogP contribution in [0.25, 0.3) is 5.65 Å². The van der Waals surface area contributed by atoms with Crippen LogP contribution in [0, 0.1) is 0 Å². The number of benzene rings is 2. The van der Waals surface area contributed by atoms with Gasteiger partial charge in [0.25, 0.3) is 5.91 Å². The van der Waals surface area contributed by atoms with Gasteiger partial charge in [0.15, 0.2) is 5.78 Å². The van der Waals surface area contributed by atoms with Crippen molar-refractivity contribution in [3.8, 4) is 0 Å². The molecule has 0 saturated carbocycles. The van der Waals surface area contributed by atoms with Crippen molar-refractivity contribution in [1.29, 1.82) is 0 Å². The van der Waals surface area contributed by atoms with E-state index in [2.05, 4.69) is 10.3 Å². The van der Waals surface area contributed by atoms with Crippen molar-refractivity contribution in [2.45, 2.75) is 6.42 Å². The van der Waals surface area contributed by atoms with Crippen LogP contribution in [0.2, 0.25) is 0 Å². The molecule has 0 aliphatic carbocycles. The highest BCUT2D eigenvalue weighted by Gasteiger charge is 2.17. The van der Waals surface area contributed by atoms with Gasteiger partial charge in [-0.25, -0.2) is 4.98 Å². The van der Waals surface area contributed by atoms with Gasteiger partial charge in [-0.1, -0.05) is 54.6 Å². The number of imidazole rings is 1. The molecule has 0 atom stereocenters. The second-order valence-corrected chi connectivity index (χ2v) is 6.44. The third-order valence-electron chi connectivity index (χ3n) is 4.53. The van der Waals surface area contributed by atoms with E-state index in [4.69, 9.17) is 0 Å². The molecule has 0 spiro atoms. The average Bonchev–Trinajstić information content (AvgIpc) is 3.16. The van der Waals surface area contributed by atoms with Gasteiger partial charge in [0.1, 0.15) is 5.65 Å². The van der Waals surface area contributed by atoms with E-state index < -0.39 is 0 Å². The molecule has 138 valence electrons. The molecule has 2 aromatic carbocycles. The molecule has 1 amide bonds. The number of aromatic nitrogens is 2. The first-order chi connectivity index (χ1) is 13.7. The zero-order valence-electron chi connectivity index (χ0n) is 15.2. The number of hydrogen-bond donors (Lipinski definition) is 1. The van der Waals surface area contributed by atoms with Crippen LogP contribution in [0.3, 0.4) is 0 Å². The van der Waals surface area contributed by atoms with Crippen LogP contribution in [-0.2, 0) is 6.42 Å². The highest BCUT2D eigenvalue weighted by Crippen LogP contribution is 2.15. The lowest BCUT2D eigenvalue weighted by atomic mass is 9.98. The fourth-order valence-electron chi connectivity index (χ4n) is 3.13. The van der Waals surface area contributed by atoms with Crippen molar-refractivity contribution < 1.29 is 9.59 Å². The van der Waals surface area contributed by atoms with E-state index in [1.54, 1.807) is 36.4 Å². The molecule has 0 fully saturated rings. The molecule has 0 aliphatic rings. The Morgan fingerprint density at radius 2 is 1.57 bits per heavy atom. The topological polar surface area (TPSA) is 63.5 Å². The summed E-state index contributed by atoms with van der Waals surface area (Å²) in [5.74, 6) is -0.421. The van der Waals surface area contributed by atoms with Gasteiger partial charge in [-0.2, -0.15) is 0 Å². The lowest BCUT2D eigenvalue weighted by molar-refractivity contribution is 0.0942. The standard InChI is InChI=1S/C23H19N3O2/c27-22(17-8-2-1-3-9-17)19-10-4-5-11-20(19)23(28)24-14-13-18-16-26-15-7-6-12-21(26)25-18/h1-12,15-16H,13-14H2,(H,24,28). The van der Waals surface area contributed by atoms with Gasteiger partial charge in [-0.3, -0.25) is 9.59 Å². The molecule has 5 heteroatoms. The number of fused-ring (bicyclic) bond motifs is 1. The van der Waals surface area contributed by atoms with Gasteiger partial charge in [0, 0.05) is 36.5 Å². The van der Waals surface area contributed by atoms with Crippen LogP contribution in [-0.4, -0.2) is 27.6 Å². The number of rotatable bonds is 6. The van der Waals surface area contributed by atoms with E-state index in [0.29, 0.717) is 29.7 Å². The van der Waals surface area contributed by atoms with Gasteiger partial charge in [-0.15, -0.1) is 0 Å². The summed E-state index contributed by atoms with van der Waals surface area (Å²) < 4.78 is 1.95. The fourth-order valence-corrected chi connectivity index (χ4v) is 3.13. The Labute approximate surface area is 162 Å². The highest BCUT2D eigenvalue weighted by atomic mass is 16.2. The number of nitrogens with zero attached hydrogens (tertiary/aromatic N) is 2. The highest BCUT2D eigenvalue weighted by molar-refractivity contribution is 6.15. The molecule has 2 heterocycles. The van der Waals surface area contributed by atoms with Crippen molar-refractivity contribution in [2.75, 3.05) is 6.54 Å². The lowest BCUT2D eigenvalue weighted by Gasteiger charge is -2.09. The average molecular weight is 369 g/mol. The predicted molar refractivity (Wildman–Crippen MR) is 108 cm³/mol. The minimum Gasteiger partial charge on any atom is -0.352 e. The Balaban J connectivity index is 1.45. The Hall–Kier alpha value is -3.73. The number of hydrogen-bond acceptors (Lipinski definition) is 3. The first-order valence-electron chi connectivity index (χ1n) is 9.12. The number of amides is 1. The Bertz CT molecular complexity index is 1100. The maximum Gasteiger partial charge on any atom is 0.252 e. The van der Waals surface area contributed by atoms with Crippen molar-refractivity contribution in [2.24, 2.45) is 0 Å². The molecule has 4 aromatic rings. The molecule has 5 nitrogen and oxygen atoms in total. The zero-order valence-corrected chi connectivity index (χ0v) is 15.2.